The molecule has 3 aromatic rings. The maximum atomic E-state index is 10.9. The van der Waals surface area contributed by atoms with Crippen LogP contribution in [0, 0.1) is 0 Å². The van der Waals surface area contributed by atoms with E-state index in [1.807, 2.05) is 12.1 Å². The molecule has 0 saturated heterocycles. The van der Waals surface area contributed by atoms with E-state index in [9.17, 15) is 5.11 Å². The number of rotatable bonds is 4. The lowest BCUT2D eigenvalue weighted by Gasteiger charge is -2.28. The van der Waals surface area contributed by atoms with Gasteiger partial charge in [0.05, 0.1) is 0 Å². The SMILES string of the molecule is CC(C)(C)c1cc(SCc2cccc(-c3nnn[nH]3)c2)cc(C(C)(C)C)c1O. The van der Waals surface area contributed by atoms with E-state index in [1.165, 1.54) is 10.5 Å². The molecule has 0 spiro atoms. The van der Waals surface area contributed by atoms with Crippen LogP contribution in [0.4, 0.5) is 0 Å². The second-order valence-corrected chi connectivity index (χ2v) is 10.2. The molecule has 0 aliphatic carbocycles. The van der Waals surface area contributed by atoms with Crippen LogP contribution in [-0.2, 0) is 16.6 Å². The van der Waals surface area contributed by atoms with Gasteiger partial charge in [-0.1, -0.05) is 59.7 Å². The highest BCUT2D eigenvalue weighted by Crippen LogP contribution is 2.42. The first-order chi connectivity index (χ1) is 13.1. The molecular formula is C22H28N4OS. The number of phenolic OH excluding ortho intramolecular Hbond substituents is 1. The first kappa shape index (κ1) is 20.4. The second-order valence-electron chi connectivity index (χ2n) is 9.11. The topological polar surface area (TPSA) is 74.7 Å². The number of aromatic nitrogens is 4. The Labute approximate surface area is 171 Å². The molecule has 0 bridgehead atoms. The number of aromatic amines is 1. The number of nitrogens with one attached hydrogen (secondary N) is 1. The summed E-state index contributed by atoms with van der Waals surface area (Å²) in [5, 5.41) is 25.0. The van der Waals surface area contributed by atoms with Crippen LogP contribution in [0.25, 0.3) is 11.4 Å². The second kappa shape index (κ2) is 7.59. The van der Waals surface area contributed by atoms with Gasteiger partial charge in [-0.25, -0.2) is 5.10 Å². The Hall–Kier alpha value is -2.34. The van der Waals surface area contributed by atoms with Crippen LogP contribution in [0.3, 0.4) is 0 Å². The summed E-state index contributed by atoms with van der Waals surface area (Å²) >= 11 is 1.78. The zero-order valence-corrected chi connectivity index (χ0v) is 18.2. The number of thioether (sulfide) groups is 1. The lowest BCUT2D eigenvalue weighted by molar-refractivity contribution is 0.422. The van der Waals surface area contributed by atoms with E-state index in [0.717, 1.165) is 22.4 Å². The zero-order chi connectivity index (χ0) is 20.5. The van der Waals surface area contributed by atoms with E-state index in [-0.39, 0.29) is 10.8 Å². The number of aromatic hydroxyl groups is 1. The molecule has 1 aromatic heterocycles. The van der Waals surface area contributed by atoms with E-state index in [0.29, 0.717) is 11.6 Å². The Morgan fingerprint density at radius 2 is 1.61 bits per heavy atom. The summed E-state index contributed by atoms with van der Waals surface area (Å²) in [7, 11) is 0. The number of hydrogen-bond donors (Lipinski definition) is 2. The van der Waals surface area contributed by atoms with Crippen LogP contribution < -0.4 is 0 Å². The monoisotopic (exact) mass is 396 g/mol. The van der Waals surface area contributed by atoms with Crippen LogP contribution >= 0.6 is 11.8 Å². The van der Waals surface area contributed by atoms with Gasteiger partial charge in [0.2, 0.25) is 0 Å². The average molecular weight is 397 g/mol. The van der Waals surface area contributed by atoms with E-state index in [2.05, 4.69) is 86.4 Å². The summed E-state index contributed by atoms with van der Waals surface area (Å²) in [5.74, 6) is 1.92. The van der Waals surface area contributed by atoms with Crippen molar-refractivity contribution in [1.82, 2.24) is 20.6 Å². The molecule has 0 fully saturated rings. The Morgan fingerprint density at radius 1 is 0.964 bits per heavy atom. The molecule has 0 aliphatic heterocycles. The van der Waals surface area contributed by atoms with Gasteiger partial charge in [-0.2, -0.15) is 0 Å². The molecular weight excluding hydrogens is 368 g/mol. The molecule has 2 N–H and O–H groups in total. The summed E-state index contributed by atoms with van der Waals surface area (Å²) < 4.78 is 0. The third kappa shape index (κ3) is 4.55. The summed E-state index contributed by atoms with van der Waals surface area (Å²) in [6, 6.07) is 12.5. The molecule has 148 valence electrons. The molecule has 28 heavy (non-hydrogen) atoms. The van der Waals surface area contributed by atoms with Crippen LogP contribution in [0.1, 0.15) is 58.2 Å². The van der Waals surface area contributed by atoms with Crippen molar-refractivity contribution >= 4 is 11.8 Å². The Balaban J connectivity index is 1.90. The minimum atomic E-state index is -0.125. The largest absolute Gasteiger partial charge is 0.507 e. The highest BCUT2D eigenvalue weighted by molar-refractivity contribution is 7.98. The minimum absolute atomic E-state index is 0.125. The molecule has 0 aliphatic rings. The molecule has 3 rings (SSSR count). The fraction of sp³-hybridized carbons (Fsp3) is 0.409. The minimum Gasteiger partial charge on any atom is -0.507 e. The summed E-state index contributed by atoms with van der Waals surface area (Å²) in [5.41, 5.74) is 3.90. The molecule has 0 saturated carbocycles. The maximum Gasteiger partial charge on any atom is 0.179 e. The molecule has 0 radical (unpaired) electrons. The van der Waals surface area contributed by atoms with Gasteiger partial charge in [0.1, 0.15) is 5.75 Å². The number of hydrogen-bond acceptors (Lipinski definition) is 5. The van der Waals surface area contributed by atoms with Crippen molar-refractivity contribution in [2.24, 2.45) is 0 Å². The Kier molecular flexibility index (Phi) is 5.53. The van der Waals surface area contributed by atoms with Gasteiger partial charge in [-0.3, -0.25) is 0 Å². The molecule has 0 unspecified atom stereocenters. The molecule has 2 aromatic carbocycles. The van der Waals surface area contributed by atoms with Crippen molar-refractivity contribution < 1.29 is 5.11 Å². The third-order valence-electron chi connectivity index (χ3n) is 4.65. The van der Waals surface area contributed by atoms with Gasteiger partial charge in [-0.05, 0) is 45.0 Å². The van der Waals surface area contributed by atoms with Gasteiger partial charge < -0.3 is 5.11 Å². The predicted octanol–water partition coefficient (Wildman–Crippen LogP) is 5.46. The first-order valence-electron chi connectivity index (χ1n) is 9.39. The lowest BCUT2D eigenvalue weighted by atomic mass is 9.79. The third-order valence-corrected chi connectivity index (χ3v) is 5.70. The van der Waals surface area contributed by atoms with Gasteiger partial charge in [-0.15, -0.1) is 16.9 Å². The molecule has 1 heterocycles. The van der Waals surface area contributed by atoms with E-state index in [4.69, 9.17) is 0 Å². The first-order valence-corrected chi connectivity index (χ1v) is 10.4. The maximum absolute atomic E-state index is 10.9. The number of phenols is 1. The van der Waals surface area contributed by atoms with Crippen molar-refractivity contribution in [1.29, 1.82) is 0 Å². The van der Waals surface area contributed by atoms with E-state index in [1.54, 1.807) is 11.8 Å². The molecule has 6 heteroatoms. The van der Waals surface area contributed by atoms with Gasteiger partial charge in [0.25, 0.3) is 0 Å². The van der Waals surface area contributed by atoms with Crippen molar-refractivity contribution in [2.75, 3.05) is 0 Å². The average Bonchev–Trinajstić information content (AvgIpc) is 3.14. The van der Waals surface area contributed by atoms with Crippen LogP contribution in [0.15, 0.2) is 41.3 Å². The van der Waals surface area contributed by atoms with Crippen molar-refractivity contribution in [3.8, 4) is 17.1 Å². The predicted molar refractivity (Wildman–Crippen MR) is 115 cm³/mol. The van der Waals surface area contributed by atoms with E-state index < -0.39 is 0 Å². The number of benzene rings is 2. The number of tetrazole rings is 1. The summed E-state index contributed by atoms with van der Waals surface area (Å²) in [4.78, 5) is 1.17. The lowest BCUT2D eigenvalue weighted by Crippen LogP contribution is -2.17. The standard InChI is InChI=1S/C22H28N4OS/c1-21(2,3)17-11-16(12-18(19(17)27)22(4,5)6)28-13-14-8-7-9-15(10-14)20-23-25-26-24-20/h7-12,27H,13H2,1-6H3,(H,23,24,25,26). The fourth-order valence-electron chi connectivity index (χ4n) is 3.09. The Bertz CT molecular complexity index is 918. The summed E-state index contributed by atoms with van der Waals surface area (Å²) in [6.07, 6.45) is 0. The van der Waals surface area contributed by atoms with Gasteiger partial charge in [0.15, 0.2) is 5.82 Å². The van der Waals surface area contributed by atoms with Crippen molar-refractivity contribution in [3.63, 3.8) is 0 Å². The number of H-pyrrole nitrogens is 1. The van der Waals surface area contributed by atoms with E-state index >= 15 is 0 Å². The fourth-order valence-corrected chi connectivity index (χ4v) is 4.01. The van der Waals surface area contributed by atoms with Crippen LogP contribution in [0.2, 0.25) is 0 Å². The Morgan fingerprint density at radius 3 is 2.14 bits per heavy atom. The van der Waals surface area contributed by atoms with Crippen molar-refractivity contribution in [2.45, 2.75) is 63.0 Å². The highest BCUT2D eigenvalue weighted by Gasteiger charge is 2.26. The quantitative estimate of drug-likeness (QED) is 0.573. The van der Waals surface area contributed by atoms with Crippen molar-refractivity contribution in [3.05, 3.63) is 53.1 Å². The molecule has 5 nitrogen and oxygen atoms in total. The van der Waals surface area contributed by atoms with Crippen LogP contribution in [-0.4, -0.2) is 25.7 Å². The number of nitrogens with zero attached hydrogens (tertiary/aromatic N) is 3. The molecule has 0 amide bonds. The normalized spacial score (nSPS) is 12.4. The van der Waals surface area contributed by atoms with Gasteiger partial charge >= 0.3 is 0 Å². The van der Waals surface area contributed by atoms with Crippen LogP contribution in [0.5, 0.6) is 5.75 Å². The zero-order valence-electron chi connectivity index (χ0n) is 17.4. The smallest absolute Gasteiger partial charge is 0.179 e. The highest BCUT2D eigenvalue weighted by atomic mass is 32.2. The van der Waals surface area contributed by atoms with Gasteiger partial charge in [0, 0.05) is 27.3 Å². The molecule has 0 atom stereocenters. The summed E-state index contributed by atoms with van der Waals surface area (Å²) in [6.45, 7) is 12.8.